The molecule has 1 saturated heterocycles. The summed E-state index contributed by atoms with van der Waals surface area (Å²) in [5.74, 6) is -1.66. The molecule has 3 N–H and O–H groups in total. The number of thioether (sulfide) groups is 1. The normalized spacial score (nSPS) is 17.9. The SMILES string of the molecule is O=C(O)/C=C\C(=O)O.OC1(c2ccc(Cl)c(C(F)(F)F)c2)CCN(CCOC2c3ccccc3CSc3ccc(Cl)cc32)CC1. The zero-order valence-corrected chi connectivity index (χ0v) is 26.1. The standard InChI is InChI=1S/C28H26Cl2F3NO2S.C4H4O4/c29-20-6-8-25-22(16-20)26(21-4-2-1-3-18(21)17-37-25)36-14-13-34-11-9-27(35,10-12-34)19-5-7-24(30)23(15-19)28(31,32)33;5-3(6)1-2-4(7)8/h1-8,15-16,26,35H,9-14,17H2;1-2H,(H,5,6)(H,7,8)/b;2-1-. The fraction of sp³-hybridized carbons (Fsp3) is 0.312. The van der Waals surface area contributed by atoms with Gasteiger partial charge in [0.2, 0.25) is 0 Å². The number of aliphatic carboxylic acids is 2. The van der Waals surface area contributed by atoms with Crippen LogP contribution in [0.25, 0.3) is 0 Å². The quantitative estimate of drug-likeness (QED) is 0.221. The molecule has 7 nitrogen and oxygen atoms in total. The first-order chi connectivity index (χ1) is 21.3. The van der Waals surface area contributed by atoms with Gasteiger partial charge in [-0.05, 0) is 59.9 Å². The van der Waals surface area contributed by atoms with Gasteiger partial charge in [-0.1, -0.05) is 53.5 Å². The highest BCUT2D eigenvalue weighted by Crippen LogP contribution is 2.43. The lowest BCUT2D eigenvalue weighted by molar-refractivity contribution is -0.137. The van der Waals surface area contributed by atoms with Gasteiger partial charge in [0.05, 0.1) is 22.8 Å². The Labute approximate surface area is 272 Å². The summed E-state index contributed by atoms with van der Waals surface area (Å²) in [4.78, 5) is 22.4. The van der Waals surface area contributed by atoms with Crippen molar-refractivity contribution in [1.82, 2.24) is 4.90 Å². The number of nitrogens with zero attached hydrogens (tertiary/aromatic N) is 1. The second kappa shape index (κ2) is 15.0. The highest BCUT2D eigenvalue weighted by molar-refractivity contribution is 7.98. The maximum atomic E-state index is 13.3. The molecular formula is C32H30Cl2F3NO6S. The van der Waals surface area contributed by atoms with Crippen molar-refractivity contribution in [3.8, 4) is 0 Å². The first kappa shape index (κ1) is 34.8. The number of ether oxygens (including phenoxy) is 1. The average Bonchev–Trinajstić information content (AvgIpc) is 3.13. The average molecular weight is 685 g/mol. The molecule has 0 saturated carbocycles. The second-order valence-corrected chi connectivity index (χ2v) is 12.4. The maximum Gasteiger partial charge on any atom is 0.417 e. The molecular weight excluding hydrogens is 654 g/mol. The molecule has 0 bridgehead atoms. The van der Waals surface area contributed by atoms with Crippen molar-refractivity contribution in [1.29, 1.82) is 0 Å². The second-order valence-electron chi connectivity index (χ2n) is 10.5. The van der Waals surface area contributed by atoms with E-state index in [9.17, 15) is 27.9 Å². The number of aliphatic hydroxyl groups is 1. The number of likely N-dealkylation sites (tertiary alicyclic amines) is 1. The van der Waals surface area contributed by atoms with Crippen LogP contribution in [-0.4, -0.2) is 58.4 Å². The summed E-state index contributed by atoms with van der Waals surface area (Å²) in [6, 6.07) is 17.9. The van der Waals surface area contributed by atoms with Crippen LogP contribution in [0, 0.1) is 0 Å². The maximum absolute atomic E-state index is 13.3. The van der Waals surface area contributed by atoms with Crippen LogP contribution in [0.1, 0.15) is 46.8 Å². The van der Waals surface area contributed by atoms with Gasteiger partial charge in [-0.25, -0.2) is 9.59 Å². The molecule has 2 aliphatic rings. The minimum atomic E-state index is -4.57. The van der Waals surface area contributed by atoms with E-state index in [0.29, 0.717) is 56.3 Å². The highest BCUT2D eigenvalue weighted by atomic mass is 35.5. The summed E-state index contributed by atoms with van der Waals surface area (Å²) in [6.45, 7) is 2.20. The van der Waals surface area contributed by atoms with Crippen LogP contribution in [0.15, 0.2) is 77.7 Å². The third-order valence-corrected chi connectivity index (χ3v) is 9.23. The number of piperidine rings is 1. The predicted octanol–water partition coefficient (Wildman–Crippen LogP) is 7.42. The van der Waals surface area contributed by atoms with E-state index in [2.05, 4.69) is 17.0 Å². The van der Waals surface area contributed by atoms with E-state index in [0.717, 1.165) is 27.8 Å². The van der Waals surface area contributed by atoms with Gasteiger partial charge in [-0.15, -0.1) is 11.8 Å². The smallest absolute Gasteiger partial charge is 0.417 e. The van der Waals surface area contributed by atoms with Crippen LogP contribution in [0.5, 0.6) is 0 Å². The van der Waals surface area contributed by atoms with E-state index in [-0.39, 0.29) is 16.7 Å². The van der Waals surface area contributed by atoms with E-state index >= 15 is 0 Å². The van der Waals surface area contributed by atoms with Gasteiger partial charge >= 0.3 is 18.1 Å². The van der Waals surface area contributed by atoms with Crippen molar-refractivity contribution in [3.63, 3.8) is 0 Å². The lowest BCUT2D eigenvalue weighted by Crippen LogP contribution is -2.43. The number of carboxylic acid groups (broad SMARTS) is 2. The topological polar surface area (TPSA) is 107 Å². The first-order valence-electron chi connectivity index (χ1n) is 13.8. The molecule has 0 aromatic heterocycles. The van der Waals surface area contributed by atoms with Gasteiger partial charge in [0.25, 0.3) is 0 Å². The zero-order valence-electron chi connectivity index (χ0n) is 23.8. The molecule has 3 aromatic rings. The number of fused-ring (bicyclic) bond motifs is 2. The summed E-state index contributed by atoms with van der Waals surface area (Å²) in [5.41, 5.74) is 1.43. The van der Waals surface area contributed by atoms with E-state index in [1.54, 1.807) is 11.8 Å². The lowest BCUT2D eigenvalue weighted by Gasteiger charge is -2.39. The molecule has 0 amide bonds. The highest BCUT2D eigenvalue weighted by Gasteiger charge is 2.38. The molecule has 3 aromatic carbocycles. The molecule has 0 radical (unpaired) electrons. The monoisotopic (exact) mass is 683 g/mol. The Morgan fingerprint density at radius 1 is 0.978 bits per heavy atom. The Hall–Kier alpha value is -3.06. The molecule has 1 fully saturated rings. The van der Waals surface area contributed by atoms with Crippen molar-refractivity contribution >= 4 is 46.9 Å². The minimum Gasteiger partial charge on any atom is -0.478 e. The molecule has 2 heterocycles. The van der Waals surface area contributed by atoms with Crippen molar-refractivity contribution in [2.45, 2.75) is 41.4 Å². The third kappa shape index (κ3) is 9.25. The molecule has 1 unspecified atom stereocenters. The third-order valence-electron chi connectivity index (χ3n) is 7.53. The fourth-order valence-corrected chi connectivity index (χ4v) is 6.67. The van der Waals surface area contributed by atoms with Gasteiger partial charge in [-0.3, -0.25) is 0 Å². The summed E-state index contributed by atoms with van der Waals surface area (Å²) < 4.78 is 46.4. The molecule has 2 aliphatic heterocycles. The first-order valence-corrected chi connectivity index (χ1v) is 15.6. The summed E-state index contributed by atoms with van der Waals surface area (Å²) >= 11 is 13.9. The van der Waals surface area contributed by atoms with E-state index in [1.165, 1.54) is 17.7 Å². The number of alkyl halides is 3. The summed E-state index contributed by atoms with van der Waals surface area (Å²) in [7, 11) is 0. The van der Waals surface area contributed by atoms with Crippen LogP contribution in [-0.2, 0) is 31.9 Å². The Morgan fingerprint density at radius 2 is 1.64 bits per heavy atom. The molecule has 0 spiro atoms. The molecule has 5 rings (SSSR count). The van der Waals surface area contributed by atoms with E-state index in [4.69, 9.17) is 38.2 Å². The number of halogens is 5. The van der Waals surface area contributed by atoms with Gasteiger partial charge in [-0.2, -0.15) is 13.2 Å². The van der Waals surface area contributed by atoms with Crippen LogP contribution < -0.4 is 0 Å². The van der Waals surface area contributed by atoms with Crippen molar-refractivity contribution in [3.05, 3.63) is 111 Å². The van der Waals surface area contributed by atoms with Crippen LogP contribution in [0.4, 0.5) is 13.2 Å². The van der Waals surface area contributed by atoms with Gasteiger partial charge in [0, 0.05) is 53.0 Å². The van der Waals surface area contributed by atoms with Crippen molar-refractivity contribution < 1.29 is 42.8 Å². The zero-order chi connectivity index (χ0) is 32.8. The van der Waals surface area contributed by atoms with Crippen molar-refractivity contribution in [2.75, 3.05) is 26.2 Å². The number of hydrogen-bond acceptors (Lipinski definition) is 6. The molecule has 13 heteroatoms. The summed E-state index contributed by atoms with van der Waals surface area (Å²) in [5, 5.41) is 27.1. The molecule has 1 atom stereocenters. The number of hydrogen-bond donors (Lipinski definition) is 3. The Morgan fingerprint density at radius 3 is 2.29 bits per heavy atom. The number of rotatable bonds is 7. The predicted molar refractivity (Wildman–Crippen MR) is 166 cm³/mol. The lowest BCUT2D eigenvalue weighted by atomic mass is 9.83. The largest absolute Gasteiger partial charge is 0.478 e. The van der Waals surface area contributed by atoms with Gasteiger partial charge in [0.15, 0.2) is 0 Å². The Bertz CT molecular complexity index is 1540. The number of carboxylic acids is 2. The molecule has 240 valence electrons. The van der Waals surface area contributed by atoms with E-state index < -0.39 is 29.3 Å². The van der Waals surface area contributed by atoms with Crippen LogP contribution >= 0.6 is 35.0 Å². The minimum absolute atomic E-state index is 0.239. The van der Waals surface area contributed by atoms with Crippen molar-refractivity contribution in [2.24, 2.45) is 0 Å². The van der Waals surface area contributed by atoms with Gasteiger partial charge in [0.1, 0.15) is 6.10 Å². The van der Waals surface area contributed by atoms with Crippen LogP contribution in [0.2, 0.25) is 10.0 Å². The summed E-state index contributed by atoms with van der Waals surface area (Å²) in [6.07, 6.45) is -3.04. The Balaban J connectivity index is 0.000000510. The van der Waals surface area contributed by atoms with Gasteiger partial charge < -0.3 is 25.0 Å². The van der Waals surface area contributed by atoms with E-state index in [1.807, 2.05) is 30.3 Å². The fourth-order valence-electron chi connectivity index (χ4n) is 5.19. The molecule has 45 heavy (non-hydrogen) atoms. The Kier molecular flexibility index (Phi) is 11.6. The molecule has 0 aliphatic carbocycles. The van der Waals surface area contributed by atoms with Crippen LogP contribution in [0.3, 0.4) is 0 Å². The number of benzene rings is 3. The number of carbonyl (C=O) groups is 2.